The van der Waals surface area contributed by atoms with Crippen molar-refractivity contribution in [2.24, 2.45) is 0 Å². The van der Waals surface area contributed by atoms with Gasteiger partial charge in [-0.3, -0.25) is 4.90 Å². The normalized spacial score (nSPS) is 16.1. The number of hydrogen-bond acceptors (Lipinski definition) is 4. The molecule has 21 heavy (non-hydrogen) atoms. The molecule has 1 saturated carbocycles. The van der Waals surface area contributed by atoms with E-state index in [1.165, 1.54) is 17.0 Å². The van der Waals surface area contributed by atoms with Gasteiger partial charge in [0.05, 0.1) is 0 Å². The third-order valence-corrected chi connectivity index (χ3v) is 3.18. The second kappa shape index (κ2) is 5.76. The Hall–Kier alpha value is -2.04. The minimum absolute atomic E-state index is 0.0254. The van der Waals surface area contributed by atoms with Gasteiger partial charge in [0, 0.05) is 6.04 Å². The van der Waals surface area contributed by atoms with Crippen LogP contribution in [0.2, 0.25) is 0 Å². The van der Waals surface area contributed by atoms with Crippen molar-refractivity contribution in [1.29, 1.82) is 0 Å². The van der Waals surface area contributed by atoms with Gasteiger partial charge in [-0.15, -0.1) is 0 Å². The maximum Gasteiger partial charge on any atom is 0.411 e. The molecule has 1 atom stereocenters. The molecule has 0 spiro atoms. The first-order valence-corrected chi connectivity index (χ1v) is 7.07. The molecule has 5 nitrogen and oxygen atoms in total. The van der Waals surface area contributed by atoms with Crippen LogP contribution < -0.4 is 0 Å². The predicted molar refractivity (Wildman–Crippen MR) is 78.0 cm³/mol. The summed E-state index contributed by atoms with van der Waals surface area (Å²) in [7, 11) is 0. The topological polar surface area (TPSA) is 66.8 Å². The maximum absolute atomic E-state index is 12.4. The lowest BCUT2D eigenvalue weighted by Gasteiger charge is -2.31. The monoisotopic (exact) mass is 291 g/mol. The van der Waals surface area contributed by atoms with E-state index in [0.717, 1.165) is 19.1 Å². The lowest BCUT2D eigenvalue weighted by atomic mass is 10.1. The number of phenolic OH excluding ortho intramolecular Hbond substituents is 1. The predicted octanol–water partition coefficient (Wildman–Crippen LogP) is 3.03. The van der Waals surface area contributed by atoms with E-state index in [-0.39, 0.29) is 11.8 Å². The Labute approximate surface area is 124 Å². The molecule has 1 aromatic carbocycles. The molecule has 114 valence electrons. The first-order chi connectivity index (χ1) is 9.81. The van der Waals surface area contributed by atoms with E-state index in [0.29, 0.717) is 5.56 Å². The zero-order valence-electron chi connectivity index (χ0n) is 12.6. The average Bonchev–Trinajstić information content (AvgIpc) is 3.17. The van der Waals surface area contributed by atoms with Gasteiger partial charge in [-0.05, 0) is 51.3 Å². The number of nitrogens with zero attached hydrogens (tertiary/aromatic N) is 1. The second-order valence-corrected chi connectivity index (χ2v) is 6.29. The molecule has 5 heteroatoms. The smallest absolute Gasteiger partial charge is 0.411 e. The Morgan fingerprint density at radius 2 is 2.10 bits per heavy atom. The fraction of sp³-hybridized carbons (Fsp3) is 0.500. The van der Waals surface area contributed by atoms with Gasteiger partial charge in [0.1, 0.15) is 23.7 Å². The van der Waals surface area contributed by atoms with Crippen molar-refractivity contribution in [3.8, 4) is 5.75 Å². The summed E-state index contributed by atoms with van der Waals surface area (Å²) in [6, 6.07) is 5.69. The molecule has 1 aliphatic rings. The first kappa shape index (κ1) is 15.4. The molecule has 0 heterocycles. The molecule has 1 aliphatic carbocycles. The summed E-state index contributed by atoms with van der Waals surface area (Å²) < 4.78 is 5.40. The number of rotatable bonds is 4. The first-order valence-electron chi connectivity index (χ1n) is 7.07. The number of phenols is 1. The molecule has 0 aromatic heterocycles. The van der Waals surface area contributed by atoms with Crippen molar-refractivity contribution in [2.75, 3.05) is 0 Å². The summed E-state index contributed by atoms with van der Waals surface area (Å²) in [4.78, 5) is 25.4. The van der Waals surface area contributed by atoms with Crippen LogP contribution in [0.25, 0.3) is 0 Å². The van der Waals surface area contributed by atoms with Crippen LogP contribution in [0.1, 0.15) is 45.2 Å². The van der Waals surface area contributed by atoms with Gasteiger partial charge in [-0.25, -0.2) is 4.79 Å². The van der Waals surface area contributed by atoms with Gasteiger partial charge in [0.15, 0.2) is 0 Å². The molecule has 1 amide bonds. The summed E-state index contributed by atoms with van der Waals surface area (Å²) in [5.74, 6) is 0.0688. The summed E-state index contributed by atoms with van der Waals surface area (Å²) in [5, 5.41) is 9.57. The van der Waals surface area contributed by atoms with Gasteiger partial charge < -0.3 is 14.6 Å². The Kier molecular flexibility index (Phi) is 4.21. The van der Waals surface area contributed by atoms with Gasteiger partial charge in [0.2, 0.25) is 0 Å². The maximum atomic E-state index is 12.4. The Balaban J connectivity index is 2.27. The Morgan fingerprint density at radius 1 is 1.43 bits per heavy atom. The fourth-order valence-electron chi connectivity index (χ4n) is 2.17. The van der Waals surface area contributed by atoms with Crippen LogP contribution in [-0.2, 0) is 9.53 Å². The molecule has 0 aliphatic heterocycles. The van der Waals surface area contributed by atoms with E-state index < -0.39 is 17.7 Å². The molecular weight excluding hydrogens is 270 g/mol. The summed E-state index contributed by atoms with van der Waals surface area (Å²) in [6.45, 7) is 5.38. The number of hydrogen-bond donors (Lipinski definition) is 1. The number of amides is 1. The Morgan fingerprint density at radius 3 is 2.57 bits per heavy atom. The minimum Gasteiger partial charge on any atom is -0.508 e. The second-order valence-electron chi connectivity index (χ2n) is 6.29. The average molecular weight is 291 g/mol. The highest BCUT2D eigenvalue weighted by Crippen LogP contribution is 2.35. The zero-order valence-corrected chi connectivity index (χ0v) is 12.6. The fourth-order valence-corrected chi connectivity index (χ4v) is 2.17. The number of aldehydes is 1. The molecular formula is C16H21NO4. The van der Waals surface area contributed by atoms with E-state index in [9.17, 15) is 14.7 Å². The third kappa shape index (κ3) is 3.97. The third-order valence-electron chi connectivity index (χ3n) is 3.18. The van der Waals surface area contributed by atoms with Crippen LogP contribution in [0.15, 0.2) is 24.3 Å². The SMILES string of the molecule is CC(C)(C)OC(=O)N(C1CC1)C(C=O)c1cccc(O)c1. The molecule has 0 radical (unpaired) electrons. The van der Waals surface area contributed by atoms with Crippen LogP contribution in [0.4, 0.5) is 4.79 Å². The number of carbonyl (C=O) groups is 2. The highest BCUT2D eigenvalue weighted by atomic mass is 16.6. The van der Waals surface area contributed by atoms with Gasteiger partial charge in [-0.1, -0.05) is 12.1 Å². The Bertz CT molecular complexity index is 531. The van der Waals surface area contributed by atoms with Gasteiger partial charge >= 0.3 is 6.09 Å². The number of carbonyl (C=O) groups excluding carboxylic acids is 2. The van der Waals surface area contributed by atoms with E-state index >= 15 is 0 Å². The quantitative estimate of drug-likeness (QED) is 0.866. The summed E-state index contributed by atoms with van der Waals surface area (Å²) in [5.41, 5.74) is -0.0287. The lowest BCUT2D eigenvalue weighted by molar-refractivity contribution is -0.113. The van der Waals surface area contributed by atoms with Crippen molar-refractivity contribution in [2.45, 2.75) is 51.3 Å². The molecule has 1 aromatic rings. The van der Waals surface area contributed by atoms with Gasteiger partial charge in [-0.2, -0.15) is 0 Å². The van der Waals surface area contributed by atoms with E-state index in [2.05, 4.69) is 0 Å². The van der Waals surface area contributed by atoms with E-state index in [4.69, 9.17) is 4.74 Å². The summed E-state index contributed by atoms with van der Waals surface area (Å²) in [6.07, 6.45) is 1.95. The summed E-state index contributed by atoms with van der Waals surface area (Å²) >= 11 is 0. The largest absolute Gasteiger partial charge is 0.508 e. The molecule has 1 unspecified atom stereocenters. The molecule has 1 N–H and O–H groups in total. The molecule has 1 fully saturated rings. The minimum atomic E-state index is -0.737. The van der Waals surface area contributed by atoms with Crippen molar-refractivity contribution in [1.82, 2.24) is 4.90 Å². The van der Waals surface area contributed by atoms with Crippen molar-refractivity contribution in [3.05, 3.63) is 29.8 Å². The number of aromatic hydroxyl groups is 1. The highest BCUT2D eigenvalue weighted by molar-refractivity contribution is 5.76. The van der Waals surface area contributed by atoms with Crippen molar-refractivity contribution in [3.63, 3.8) is 0 Å². The van der Waals surface area contributed by atoms with E-state index in [1.807, 2.05) is 0 Å². The van der Waals surface area contributed by atoms with Crippen molar-refractivity contribution < 1.29 is 19.4 Å². The van der Waals surface area contributed by atoms with E-state index in [1.54, 1.807) is 32.9 Å². The molecule has 0 saturated heterocycles. The lowest BCUT2D eigenvalue weighted by Crippen LogP contribution is -2.41. The zero-order chi connectivity index (χ0) is 15.6. The highest BCUT2D eigenvalue weighted by Gasteiger charge is 2.40. The van der Waals surface area contributed by atoms with Crippen LogP contribution in [0, 0.1) is 0 Å². The van der Waals surface area contributed by atoms with Crippen molar-refractivity contribution >= 4 is 12.4 Å². The van der Waals surface area contributed by atoms with Crippen LogP contribution in [0.3, 0.4) is 0 Å². The standard InChI is InChI=1S/C16H21NO4/c1-16(2,3)21-15(20)17(12-7-8-12)14(10-18)11-5-4-6-13(19)9-11/h4-6,9-10,12,14,19H,7-8H2,1-3H3. The van der Waals surface area contributed by atoms with Crippen LogP contribution in [0.5, 0.6) is 5.75 Å². The molecule has 0 bridgehead atoms. The van der Waals surface area contributed by atoms with Gasteiger partial charge in [0.25, 0.3) is 0 Å². The number of ether oxygens (including phenoxy) is 1. The van der Waals surface area contributed by atoms with Crippen LogP contribution in [-0.4, -0.2) is 34.0 Å². The number of benzene rings is 1. The molecule has 2 rings (SSSR count). The van der Waals surface area contributed by atoms with Crippen LogP contribution >= 0.6 is 0 Å².